The van der Waals surface area contributed by atoms with Gasteiger partial charge in [0.25, 0.3) is 0 Å². The van der Waals surface area contributed by atoms with Crippen LogP contribution >= 0.6 is 0 Å². The average molecular weight is 408 g/mol. The lowest BCUT2D eigenvalue weighted by Gasteiger charge is -2.20. The van der Waals surface area contributed by atoms with Crippen LogP contribution in [-0.2, 0) is 10.0 Å². The molecule has 0 saturated heterocycles. The van der Waals surface area contributed by atoms with Crippen molar-refractivity contribution in [3.63, 3.8) is 0 Å². The van der Waals surface area contributed by atoms with Crippen molar-refractivity contribution in [1.82, 2.24) is 0 Å². The standard InChI is InChI=1S/C20H22F2N2O3S/c1-4-7-20(8-9-20)28(25,26)24-19-16(22)11-14(27-3)12-18(19)23-17-6-5-13(2)10-15(17)21/h4-6,10-12,23-24H,1,7-9H2,2-3H3. The molecule has 0 radical (unpaired) electrons. The molecule has 150 valence electrons. The molecule has 5 nitrogen and oxygen atoms in total. The number of hydrogen-bond donors (Lipinski definition) is 2. The number of ether oxygens (including phenoxy) is 1. The Hall–Kier alpha value is -2.61. The number of methoxy groups -OCH3 is 1. The van der Waals surface area contributed by atoms with Crippen molar-refractivity contribution in [2.24, 2.45) is 0 Å². The van der Waals surface area contributed by atoms with Gasteiger partial charge in [0.1, 0.15) is 17.3 Å². The zero-order chi connectivity index (χ0) is 20.5. The van der Waals surface area contributed by atoms with Crippen LogP contribution in [-0.4, -0.2) is 20.3 Å². The first-order valence-electron chi connectivity index (χ1n) is 8.75. The molecule has 1 aliphatic rings. The first-order chi connectivity index (χ1) is 13.2. The maximum absolute atomic E-state index is 14.7. The highest BCUT2D eigenvalue weighted by Gasteiger charge is 2.53. The minimum atomic E-state index is -3.87. The van der Waals surface area contributed by atoms with Gasteiger partial charge in [-0.3, -0.25) is 4.72 Å². The van der Waals surface area contributed by atoms with E-state index in [9.17, 15) is 17.2 Å². The van der Waals surface area contributed by atoms with Gasteiger partial charge < -0.3 is 10.1 Å². The highest BCUT2D eigenvalue weighted by Crippen LogP contribution is 2.48. The van der Waals surface area contributed by atoms with Crippen LogP contribution < -0.4 is 14.8 Å². The molecular formula is C20H22F2N2O3S. The summed E-state index contributed by atoms with van der Waals surface area (Å²) in [5.41, 5.74) is 0.584. The summed E-state index contributed by atoms with van der Waals surface area (Å²) in [4.78, 5) is 0. The van der Waals surface area contributed by atoms with E-state index in [0.29, 0.717) is 12.8 Å². The van der Waals surface area contributed by atoms with Gasteiger partial charge in [0, 0.05) is 12.1 Å². The van der Waals surface area contributed by atoms with Crippen molar-refractivity contribution in [3.05, 3.63) is 60.2 Å². The zero-order valence-corrected chi connectivity index (χ0v) is 16.5. The lowest BCUT2D eigenvalue weighted by atomic mass is 10.2. The van der Waals surface area contributed by atoms with Crippen LogP contribution in [0.25, 0.3) is 0 Å². The second-order valence-corrected chi connectivity index (χ2v) is 9.00. The van der Waals surface area contributed by atoms with Crippen LogP contribution in [0.2, 0.25) is 0 Å². The highest BCUT2D eigenvalue weighted by molar-refractivity contribution is 7.94. The summed E-state index contributed by atoms with van der Waals surface area (Å²) < 4.78 is 61.1. The number of allylic oxidation sites excluding steroid dienone is 1. The SMILES string of the molecule is C=CCC1(S(=O)(=O)Nc2c(F)cc(OC)cc2Nc2ccc(C)cc2F)CC1. The largest absolute Gasteiger partial charge is 0.497 e. The number of nitrogens with one attached hydrogen (secondary N) is 2. The fraction of sp³-hybridized carbons (Fsp3) is 0.300. The van der Waals surface area contributed by atoms with Crippen molar-refractivity contribution in [1.29, 1.82) is 0 Å². The van der Waals surface area contributed by atoms with Gasteiger partial charge in [0.15, 0.2) is 5.82 Å². The monoisotopic (exact) mass is 408 g/mol. The molecule has 1 saturated carbocycles. The van der Waals surface area contributed by atoms with Gasteiger partial charge in [-0.2, -0.15) is 0 Å². The Bertz CT molecular complexity index is 1020. The molecule has 1 aliphatic carbocycles. The van der Waals surface area contributed by atoms with Gasteiger partial charge in [-0.05, 0) is 43.9 Å². The van der Waals surface area contributed by atoms with Gasteiger partial charge in [-0.25, -0.2) is 17.2 Å². The quantitative estimate of drug-likeness (QED) is 0.611. The van der Waals surface area contributed by atoms with Crippen molar-refractivity contribution in [3.8, 4) is 5.75 Å². The third-order valence-corrected chi connectivity index (χ3v) is 7.01. The molecule has 2 aromatic carbocycles. The predicted molar refractivity (Wildman–Crippen MR) is 107 cm³/mol. The molecule has 1 fully saturated rings. The summed E-state index contributed by atoms with van der Waals surface area (Å²) in [6.07, 6.45) is 2.76. The van der Waals surface area contributed by atoms with E-state index in [2.05, 4.69) is 16.6 Å². The number of aryl methyl sites for hydroxylation is 1. The molecule has 0 spiro atoms. The molecular weight excluding hydrogens is 386 g/mol. The van der Waals surface area contributed by atoms with E-state index >= 15 is 0 Å². The molecule has 0 unspecified atom stereocenters. The van der Waals surface area contributed by atoms with E-state index < -0.39 is 26.4 Å². The van der Waals surface area contributed by atoms with Gasteiger partial charge in [0.2, 0.25) is 10.0 Å². The Morgan fingerprint density at radius 3 is 2.46 bits per heavy atom. The minimum absolute atomic E-state index is 0.0533. The first kappa shape index (κ1) is 20.1. The fourth-order valence-electron chi connectivity index (χ4n) is 3.00. The second kappa shape index (κ2) is 7.43. The Labute approximate surface area is 163 Å². The van der Waals surface area contributed by atoms with E-state index in [4.69, 9.17) is 4.74 Å². The van der Waals surface area contributed by atoms with E-state index in [1.165, 1.54) is 31.4 Å². The van der Waals surface area contributed by atoms with E-state index in [0.717, 1.165) is 11.6 Å². The molecule has 0 atom stereocenters. The second-order valence-electron chi connectivity index (χ2n) is 6.92. The number of hydrogen-bond acceptors (Lipinski definition) is 4. The summed E-state index contributed by atoms with van der Waals surface area (Å²) in [6.45, 7) is 5.34. The lowest BCUT2D eigenvalue weighted by molar-refractivity contribution is 0.412. The first-order valence-corrected chi connectivity index (χ1v) is 10.2. The molecule has 2 aromatic rings. The molecule has 0 amide bonds. The lowest BCUT2D eigenvalue weighted by Crippen LogP contribution is -2.30. The topological polar surface area (TPSA) is 67.4 Å². The third kappa shape index (κ3) is 3.82. The van der Waals surface area contributed by atoms with E-state index in [1.807, 2.05) is 0 Å². The molecule has 0 aromatic heterocycles. The summed E-state index contributed by atoms with van der Waals surface area (Å²) in [5.74, 6) is -1.20. The minimum Gasteiger partial charge on any atom is -0.497 e. The van der Waals surface area contributed by atoms with E-state index in [-0.39, 0.29) is 29.2 Å². The predicted octanol–water partition coefficient (Wildman–Crippen LogP) is 4.88. The van der Waals surface area contributed by atoms with Crippen molar-refractivity contribution >= 4 is 27.1 Å². The summed E-state index contributed by atoms with van der Waals surface area (Å²) in [5, 5.41) is 2.77. The number of halogens is 2. The molecule has 0 heterocycles. The highest BCUT2D eigenvalue weighted by atomic mass is 32.2. The molecule has 0 bridgehead atoms. The number of benzene rings is 2. The van der Waals surface area contributed by atoms with Gasteiger partial charge in [-0.1, -0.05) is 12.1 Å². The number of anilines is 3. The maximum atomic E-state index is 14.7. The van der Waals surface area contributed by atoms with Crippen LogP contribution in [0.3, 0.4) is 0 Å². The summed E-state index contributed by atoms with van der Waals surface area (Å²) in [6, 6.07) is 7.00. The van der Waals surface area contributed by atoms with Crippen LogP contribution in [0, 0.1) is 18.6 Å². The smallest absolute Gasteiger partial charge is 0.238 e. The third-order valence-electron chi connectivity index (χ3n) is 4.82. The van der Waals surface area contributed by atoms with Crippen molar-refractivity contribution in [2.45, 2.75) is 30.9 Å². The van der Waals surface area contributed by atoms with Gasteiger partial charge in [-0.15, -0.1) is 6.58 Å². The Kier molecular flexibility index (Phi) is 5.34. The maximum Gasteiger partial charge on any atom is 0.238 e. The summed E-state index contributed by atoms with van der Waals surface area (Å²) >= 11 is 0. The van der Waals surface area contributed by atoms with Gasteiger partial charge in [0.05, 0.1) is 23.2 Å². The normalized spacial score (nSPS) is 15.0. The molecule has 2 N–H and O–H groups in total. The fourth-order valence-corrected chi connectivity index (χ4v) is 4.67. The average Bonchev–Trinajstić information content (AvgIpc) is 3.41. The molecule has 8 heteroatoms. The summed E-state index contributed by atoms with van der Waals surface area (Å²) in [7, 11) is -2.51. The zero-order valence-electron chi connectivity index (χ0n) is 15.7. The Balaban J connectivity index is 2.02. The van der Waals surface area contributed by atoms with Crippen LogP contribution in [0.1, 0.15) is 24.8 Å². The van der Waals surface area contributed by atoms with Crippen LogP contribution in [0.4, 0.5) is 25.8 Å². The number of rotatable bonds is 8. The number of sulfonamides is 1. The van der Waals surface area contributed by atoms with Gasteiger partial charge >= 0.3 is 0 Å². The molecule has 3 rings (SSSR count). The Morgan fingerprint density at radius 2 is 1.89 bits per heavy atom. The van der Waals surface area contributed by atoms with E-state index in [1.54, 1.807) is 13.0 Å². The molecule has 0 aliphatic heterocycles. The molecule has 28 heavy (non-hydrogen) atoms. The Morgan fingerprint density at radius 1 is 1.18 bits per heavy atom. The van der Waals surface area contributed by atoms with Crippen molar-refractivity contribution < 1.29 is 21.9 Å². The van der Waals surface area contributed by atoms with Crippen LogP contribution in [0.5, 0.6) is 5.75 Å². The van der Waals surface area contributed by atoms with Crippen LogP contribution in [0.15, 0.2) is 43.0 Å². The van der Waals surface area contributed by atoms with Crippen molar-refractivity contribution in [2.75, 3.05) is 17.1 Å².